The van der Waals surface area contributed by atoms with Crippen LogP contribution >= 0.6 is 0 Å². The molecule has 3 heterocycles. The standard InChI is InChI=1S/C17H24N4O3/c1-12-4-3-5-14(19-12)10-21-13(2)17(24-11-15(21)22)6-8-20(9-7-17)16(18)23/h3-5,13H,6-11H2,1-2H3,(H2,18,23)/t13-/m1/s1. The number of pyridine rings is 1. The van der Waals surface area contributed by atoms with Gasteiger partial charge in [0, 0.05) is 18.8 Å². The van der Waals surface area contributed by atoms with E-state index < -0.39 is 11.6 Å². The Labute approximate surface area is 141 Å². The molecule has 1 aromatic heterocycles. The lowest BCUT2D eigenvalue weighted by atomic mass is 9.82. The van der Waals surface area contributed by atoms with Gasteiger partial charge in [0.1, 0.15) is 6.61 Å². The molecule has 3 amide bonds. The summed E-state index contributed by atoms with van der Waals surface area (Å²) < 4.78 is 5.96. The Balaban J connectivity index is 1.75. The maximum absolute atomic E-state index is 12.4. The Morgan fingerprint density at radius 3 is 2.75 bits per heavy atom. The van der Waals surface area contributed by atoms with Crippen molar-refractivity contribution in [1.82, 2.24) is 14.8 Å². The Bertz CT molecular complexity index is 640. The molecule has 1 spiro atoms. The van der Waals surface area contributed by atoms with Crippen molar-refractivity contribution in [3.63, 3.8) is 0 Å². The van der Waals surface area contributed by atoms with Crippen LogP contribution in [0, 0.1) is 6.92 Å². The molecule has 3 rings (SSSR count). The Hall–Kier alpha value is -2.15. The molecule has 2 saturated heterocycles. The fraction of sp³-hybridized carbons (Fsp3) is 0.588. The number of primary amides is 1. The van der Waals surface area contributed by atoms with Crippen molar-refractivity contribution >= 4 is 11.9 Å². The van der Waals surface area contributed by atoms with Gasteiger partial charge in [0.2, 0.25) is 5.91 Å². The van der Waals surface area contributed by atoms with Gasteiger partial charge in [-0.3, -0.25) is 9.78 Å². The highest BCUT2D eigenvalue weighted by Crippen LogP contribution is 2.36. The molecule has 7 nitrogen and oxygen atoms in total. The maximum atomic E-state index is 12.4. The quantitative estimate of drug-likeness (QED) is 0.877. The number of aromatic nitrogens is 1. The molecule has 0 aromatic carbocycles. The normalized spacial score (nSPS) is 23.6. The molecule has 2 aliphatic heterocycles. The number of morpholine rings is 1. The van der Waals surface area contributed by atoms with Gasteiger partial charge in [-0.2, -0.15) is 0 Å². The van der Waals surface area contributed by atoms with Gasteiger partial charge in [-0.25, -0.2) is 4.79 Å². The third-order valence-electron chi connectivity index (χ3n) is 5.23. The van der Waals surface area contributed by atoms with Crippen molar-refractivity contribution in [1.29, 1.82) is 0 Å². The summed E-state index contributed by atoms with van der Waals surface area (Å²) >= 11 is 0. The van der Waals surface area contributed by atoms with E-state index in [1.807, 2.05) is 36.9 Å². The van der Waals surface area contributed by atoms with Crippen LogP contribution in [0.15, 0.2) is 18.2 Å². The molecule has 0 radical (unpaired) electrons. The molecule has 0 saturated carbocycles. The number of ether oxygens (including phenoxy) is 1. The molecule has 24 heavy (non-hydrogen) atoms. The van der Waals surface area contributed by atoms with Crippen molar-refractivity contribution in [2.45, 2.75) is 44.9 Å². The van der Waals surface area contributed by atoms with E-state index in [0.29, 0.717) is 32.5 Å². The molecule has 2 aliphatic rings. The number of carbonyl (C=O) groups excluding carboxylic acids is 2. The van der Waals surface area contributed by atoms with E-state index in [1.54, 1.807) is 4.90 Å². The van der Waals surface area contributed by atoms with Crippen LogP contribution in [0.3, 0.4) is 0 Å². The molecule has 0 aliphatic carbocycles. The van der Waals surface area contributed by atoms with E-state index in [-0.39, 0.29) is 18.6 Å². The molecule has 0 unspecified atom stereocenters. The van der Waals surface area contributed by atoms with Crippen LogP contribution in [-0.2, 0) is 16.1 Å². The number of hydrogen-bond donors (Lipinski definition) is 1. The van der Waals surface area contributed by atoms with Gasteiger partial charge >= 0.3 is 6.03 Å². The van der Waals surface area contributed by atoms with Crippen molar-refractivity contribution in [2.24, 2.45) is 5.73 Å². The highest BCUT2D eigenvalue weighted by atomic mass is 16.5. The molecule has 1 atom stereocenters. The second-order valence-corrected chi connectivity index (χ2v) is 6.65. The number of amides is 3. The summed E-state index contributed by atoms with van der Waals surface area (Å²) in [5, 5.41) is 0. The third kappa shape index (κ3) is 3.08. The summed E-state index contributed by atoms with van der Waals surface area (Å²) in [5.41, 5.74) is 6.76. The van der Waals surface area contributed by atoms with E-state index in [9.17, 15) is 9.59 Å². The number of likely N-dealkylation sites (tertiary alicyclic amines) is 1. The van der Waals surface area contributed by atoms with Gasteiger partial charge in [0.15, 0.2) is 0 Å². The largest absolute Gasteiger partial charge is 0.363 e. The van der Waals surface area contributed by atoms with Gasteiger partial charge in [-0.1, -0.05) is 6.07 Å². The Morgan fingerprint density at radius 2 is 2.12 bits per heavy atom. The lowest BCUT2D eigenvalue weighted by molar-refractivity contribution is -0.186. The van der Waals surface area contributed by atoms with Crippen molar-refractivity contribution in [3.05, 3.63) is 29.6 Å². The average molecular weight is 332 g/mol. The van der Waals surface area contributed by atoms with Gasteiger partial charge < -0.3 is 20.3 Å². The lowest BCUT2D eigenvalue weighted by Gasteiger charge is -2.51. The van der Waals surface area contributed by atoms with Crippen LogP contribution in [0.2, 0.25) is 0 Å². The van der Waals surface area contributed by atoms with Crippen molar-refractivity contribution in [2.75, 3.05) is 19.7 Å². The number of piperidine rings is 1. The minimum atomic E-state index is -0.413. The predicted octanol–water partition coefficient (Wildman–Crippen LogP) is 1.05. The molecule has 2 fully saturated rings. The summed E-state index contributed by atoms with van der Waals surface area (Å²) in [6.07, 6.45) is 1.37. The van der Waals surface area contributed by atoms with Crippen LogP contribution in [0.1, 0.15) is 31.2 Å². The van der Waals surface area contributed by atoms with Crippen LogP contribution in [0.5, 0.6) is 0 Å². The van der Waals surface area contributed by atoms with Crippen molar-refractivity contribution in [3.8, 4) is 0 Å². The smallest absolute Gasteiger partial charge is 0.314 e. The minimum Gasteiger partial charge on any atom is -0.363 e. The molecular weight excluding hydrogens is 308 g/mol. The number of rotatable bonds is 2. The third-order valence-corrected chi connectivity index (χ3v) is 5.23. The minimum absolute atomic E-state index is 0.0197. The number of aryl methyl sites for hydroxylation is 1. The Kier molecular flexibility index (Phi) is 4.45. The maximum Gasteiger partial charge on any atom is 0.314 e. The SMILES string of the molecule is Cc1cccc(CN2C(=O)COC3(CCN(C(N)=O)CC3)[C@H]2C)n1. The number of nitrogens with zero attached hydrogens (tertiary/aromatic N) is 3. The lowest BCUT2D eigenvalue weighted by Crippen LogP contribution is -2.64. The summed E-state index contributed by atoms with van der Waals surface area (Å²) in [6, 6.07) is 5.36. The first-order chi connectivity index (χ1) is 11.4. The number of hydrogen-bond acceptors (Lipinski definition) is 4. The first kappa shape index (κ1) is 16.7. The monoisotopic (exact) mass is 332 g/mol. The van der Waals surface area contributed by atoms with Gasteiger partial charge in [-0.05, 0) is 38.8 Å². The number of carbonyl (C=O) groups is 2. The van der Waals surface area contributed by atoms with E-state index in [2.05, 4.69) is 4.98 Å². The van der Waals surface area contributed by atoms with Crippen molar-refractivity contribution < 1.29 is 14.3 Å². The fourth-order valence-corrected chi connectivity index (χ4v) is 3.66. The summed E-state index contributed by atoms with van der Waals surface area (Å²) in [4.78, 5) is 31.7. The second-order valence-electron chi connectivity index (χ2n) is 6.65. The highest BCUT2D eigenvalue weighted by molar-refractivity contribution is 5.79. The van der Waals surface area contributed by atoms with Crippen LogP contribution in [0.4, 0.5) is 4.79 Å². The van der Waals surface area contributed by atoms with Crippen LogP contribution in [-0.4, -0.2) is 58.1 Å². The zero-order valence-electron chi connectivity index (χ0n) is 14.2. The van der Waals surface area contributed by atoms with Crippen LogP contribution in [0.25, 0.3) is 0 Å². The van der Waals surface area contributed by atoms with Gasteiger partial charge in [0.05, 0.1) is 23.9 Å². The summed E-state index contributed by atoms with van der Waals surface area (Å²) in [5.74, 6) is -0.0197. The molecule has 0 bridgehead atoms. The zero-order chi connectivity index (χ0) is 17.3. The molecule has 1 aromatic rings. The molecule has 7 heteroatoms. The van der Waals surface area contributed by atoms with E-state index in [0.717, 1.165) is 11.4 Å². The first-order valence-corrected chi connectivity index (χ1v) is 8.32. The van der Waals surface area contributed by atoms with Crippen LogP contribution < -0.4 is 5.73 Å². The highest BCUT2D eigenvalue weighted by Gasteiger charge is 2.48. The fourth-order valence-electron chi connectivity index (χ4n) is 3.66. The average Bonchev–Trinajstić information content (AvgIpc) is 2.56. The number of nitrogens with two attached hydrogens (primary N) is 1. The molecule has 2 N–H and O–H groups in total. The number of urea groups is 1. The van der Waals surface area contributed by atoms with E-state index in [4.69, 9.17) is 10.5 Å². The van der Waals surface area contributed by atoms with E-state index in [1.165, 1.54) is 0 Å². The second kappa shape index (κ2) is 6.39. The first-order valence-electron chi connectivity index (χ1n) is 8.32. The zero-order valence-corrected chi connectivity index (χ0v) is 14.2. The Morgan fingerprint density at radius 1 is 1.42 bits per heavy atom. The topological polar surface area (TPSA) is 88.8 Å². The van der Waals surface area contributed by atoms with Gasteiger partial charge in [-0.15, -0.1) is 0 Å². The predicted molar refractivity (Wildman–Crippen MR) is 88.1 cm³/mol. The summed E-state index contributed by atoms with van der Waals surface area (Å²) in [6.45, 7) is 5.63. The summed E-state index contributed by atoms with van der Waals surface area (Å²) in [7, 11) is 0. The molecule has 130 valence electrons. The molecular formula is C17H24N4O3. The van der Waals surface area contributed by atoms with E-state index >= 15 is 0 Å². The van der Waals surface area contributed by atoms with Gasteiger partial charge in [0.25, 0.3) is 0 Å².